The summed E-state index contributed by atoms with van der Waals surface area (Å²) >= 11 is 0. The first-order chi connectivity index (χ1) is 10.1. The lowest BCUT2D eigenvalue weighted by Crippen LogP contribution is -2.41. The molecule has 1 unspecified atom stereocenters. The van der Waals surface area contributed by atoms with E-state index in [4.69, 9.17) is 9.52 Å². The van der Waals surface area contributed by atoms with E-state index >= 15 is 0 Å². The molecular weight excluding hydrogens is 274 g/mol. The molecule has 2 rings (SSSR count). The lowest BCUT2D eigenvalue weighted by atomic mass is 10.0. The molecule has 2 N–H and O–H groups in total. The maximum atomic E-state index is 12.0. The van der Waals surface area contributed by atoms with Crippen molar-refractivity contribution in [2.24, 2.45) is 5.92 Å². The second-order valence-corrected chi connectivity index (χ2v) is 5.05. The summed E-state index contributed by atoms with van der Waals surface area (Å²) in [7, 11) is 0. The van der Waals surface area contributed by atoms with Crippen LogP contribution in [0.15, 0.2) is 22.8 Å². The molecule has 0 bridgehead atoms. The van der Waals surface area contributed by atoms with E-state index < -0.39 is 0 Å². The maximum absolute atomic E-state index is 12.0. The molecule has 0 aliphatic heterocycles. The number of hydrogen-bond donors (Lipinski definition) is 2. The van der Waals surface area contributed by atoms with Crippen molar-refractivity contribution in [2.45, 2.75) is 32.9 Å². The van der Waals surface area contributed by atoms with Gasteiger partial charge >= 0.3 is 0 Å². The predicted octanol–water partition coefficient (Wildman–Crippen LogP) is 0.456. The van der Waals surface area contributed by atoms with E-state index in [1.54, 1.807) is 12.1 Å². The smallest absolute Gasteiger partial charge is 0.243 e. The molecule has 0 radical (unpaired) electrons. The van der Waals surface area contributed by atoms with Crippen LogP contribution in [-0.2, 0) is 11.3 Å². The molecule has 0 spiro atoms. The van der Waals surface area contributed by atoms with Crippen molar-refractivity contribution < 1.29 is 14.3 Å². The number of carbonyl (C=O) groups is 1. The average molecular weight is 293 g/mol. The molecule has 0 aliphatic carbocycles. The molecule has 2 aromatic heterocycles. The summed E-state index contributed by atoms with van der Waals surface area (Å²) in [6.07, 6.45) is 2.04. The van der Waals surface area contributed by atoms with Gasteiger partial charge in [-0.3, -0.25) is 4.79 Å². The van der Waals surface area contributed by atoms with Crippen LogP contribution in [0, 0.1) is 5.92 Å². The van der Waals surface area contributed by atoms with Gasteiger partial charge in [-0.15, -0.1) is 10.2 Å². The Morgan fingerprint density at radius 3 is 2.95 bits per heavy atom. The van der Waals surface area contributed by atoms with Gasteiger partial charge in [0.05, 0.1) is 6.26 Å². The fraction of sp³-hybridized carbons (Fsp3) is 0.538. The van der Waals surface area contributed by atoms with Crippen LogP contribution in [0.25, 0.3) is 11.6 Å². The number of nitrogens with one attached hydrogen (secondary N) is 1. The minimum Gasteiger partial charge on any atom is -0.461 e. The van der Waals surface area contributed by atoms with Gasteiger partial charge in [-0.2, -0.15) is 4.80 Å². The zero-order valence-corrected chi connectivity index (χ0v) is 12.1. The summed E-state index contributed by atoms with van der Waals surface area (Å²) in [5, 5.41) is 23.6. The number of aliphatic hydroxyl groups is 1. The number of nitrogens with zero attached hydrogens (tertiary/aromatic N) is 4. The van der Waals surface area contributed by atoms with Crippen LogP contribution in [0.3, 0.4) is 0 Å². The summed E-state index contributed by atoms with van der Waals surface area (Å²) in [5.41, 5.74) is 0. The van der Waals surface area contributed by atoms with E-state index in [0.29, 0.717) is 18.0 Å². The number of furan rings is 1. The Morgan fingerprint density at radius 2 is 2.33 bits per heavy atom. The highest BCUT2D eigenvalue weighted by Gasteiger charge is 2.17. The van der Waals surface area contributed by atoms with Crippen molar-refractivity contribution in [1.82, 2.24) is 25.5 Å². The molecule has 2 aromatic rings. The molecule has 0 aliphatic rings. The highest BCUT2D eigenvalue weighted by atomic mass is 16.3. The molecule has 8 heteroatoms. The van der Waals surface area contributed by atoms with Crippen molar-refractivity contribution in [3.05, 3.63) is 18.4 Å². The second-order valence-electron chi connectivity index (χ2n) is 5.05. The molecule has 1 atom stereocenters. The van der Waals surface area contributed by atoms with Crippen LogP contribution >= 0.6 is 0 Å². The molecule has 8 nitrogen and oxygen atoms in total. The average Bonchev–Trinajstić information content (AvgIpc) is 3.08. The normalized spacial score (nSPS) is 12.6. The third kappa shape index (κ3) is 4.12. The third-order valence-corrected chi connectivity index (χ3v) is 3.07. The van der Waals surface area contributed by atoms with Crippen LogP contribution in [0.4, 0.5) is 0 Å². The molecule has 2 heterocycles. The van der Waals surface area contributed by atoms with Crippen molar-refractivity contribution in [3.8, 4) is 11.6 Å². The minimum atomic E-state index is -0.217. The number of hydrogen-bond acceptors (Lipinski definition) is 6. The topological polar surface area (TPSA) is 106 Å². The Morgan fingerprint density at radius 1 is 1.52 bits per heavy atom. The van der Waals surface area contributed by atoms with Crippen molar-refractivity contribution in [2.75, 3.05) is 6.61 Å². The van der Waals surface area contributed by atoms with E-state index in [1.807, 2.05) is 13.8 Å². The van der Waals surface area contributed by atoms with E-state index in [2.05, 4.69) is 20.7 Å². The van der Waals surface area contributed by atoms with Crippen LogP contribution in [0.5, 0.6) is 0 Å². The van der Waals surface area contributed by atoms with Crippen LogP contribution in [0.1, 0.15) is 20.3 Å². The molecular formula is C13H19N5O3. The molecule has 114 valence electrons. The van der Waals surface area contributed by atoms with Gasteiger partial charge in [-0.1, -0.05) is 13.8 Å². The monoisotopic (exact) mass is 293 g/mol. The summed E-state index contributed by atoms with van der Waals surface area (Å²) in [4.78, 5) is 13.2. The summed E-state index contributed by atoms with van der Waals surface area (Å²) in [6.45, 7) is 3.99. The number of amides is 1. The van der Waals surface area contributed by atoms with Crippen molar-refractivity contribution in [3.63, 3.8) is 0 Å². The zero-order chi connectivity index (χ0) is 15.2. The lowest BCUT2D eigenvalue weighted by molar-refractivity contribution is -0.123. The molecule has 0 saturated carbocycles. The number of carbonyl (C=O) groups excluding carboxylic acids is 1. The highest BCUT2D eigenvalue weighted by molar-refractivity contribution is 5.75. The molecule has 0 aromatic carbocycles. The van der Waals surface area contributed by atoms with Crippen LogP contribution < -0.4 is 5.32 Å². The quantitative estimate of drug-likeness (QED) is 0.768. The van der Waals surface area contributed by atoms with E-state index in [9.17, 15) is 4.79 Å². The van der Waals surface area contributed by atoms with Gasteiger partial charge in [-0.05, 0) is 29.7 Å². The Kier molecular flexibility index (Phi) is 5.04. The summed E-state index contributed by atoms with van der Waals surface area (Å²) in [5.74, 6) is 0.861. The number of rotatable bonds is 7. The van der Waals surface area contributed by atoms with Gasteiger partial charge in [0, 0.05) is 12.6 Å². The zero-order valence-electron chi connectivity index (χ0n) is 12.1. The fourth-order valence-corrected chi connectivity index (χ4v) is 1.91. The third-order valence-electron chi connectivity index (χ3n) is 3.07. The minimum absolute atomic E-state index is 0.0254. The Hall–Kier alpha value is -2.22. The SMILES string of the molecule is CC(C)C(CCO)NC(=O)Cn1nnc(-c2ccco2)n1. The van der Waals surface area contributed by atoms with Gasteiger partial charge in [0.1, 0.15) is 6.54 Å². The number of aromatic nitrogens is 4. The standard InChI is InChI=1S/C13H19N5O3/c1-9(2)10(5-6-19)14-12(20)8-18-16-13(15-17-18)11-4-3-7-21-11/h3-4,7,9-10,19H,5-6,8H2,1-2H3,(H,14,20). The molecule has 0 saturated heterocycles. The molecule has 0 fully saturated rings. The largest absolute Gasteiger partial charge is 0.461 e. The first-order valence-electron chi connectivity index (χ1n) is 6.82. The van der Waals surface area contributed by atoms with Crippen molar-refractivity contribution >= 4 is 5.91 Å². The van der Waals surface area contributed by atoms with Crippen LogP contribution in [0.2, 0.25) is 0 Å². The molecule has 21 heavy (non-hydrogen) atoms. The van der Waals surface area contributed by atoms with Gasteiger partial charge in [0.15, 0.2) is 5.76 Å². The summed E-state index contributed by atoms with van der Waals surface area (Å²) < 4.78 is 5.16. The Bertz CT molecular complexity index is 564. The van der Waals surface area contributed by atoms with E-state index in [1.165, 1.54) is 11.1 Å². The number of aliphatic hydroxyl groups excluding tert-OH is 1. The van der Waals surface area contributed by atoms with Gasteiger partial charge in [0.2, 0.25) is 11.7 Å². The second kappa shape index (κ2) is 6.98. The highest BCUT2D eigenvalue weighted by Crippen LogP contribution is 2.12. The van der Waals surface area contributed by atoms with E-state index in [-0.39, 0.29) is 31.0 Å². The van der Waals surface area contributed by atoms with E-state index in [0.717, 1.165) is 0 Å². The summed E-state index contributed by atoms with van der Waals surface area (Å²) in [6, 6.07) is 3.37. The fourth-order valence-electron chi connectivity index (χ4n) is 1.91. The predicted molar refractivity (Wildman–Crippen MR) is 74.0 cm³/mol. The first kappa shape index (κ1) is 15.2. The van der Waals surface area contributed by atoms with Gasteiger partial charge < -0.3 is 14.8 Å². The lowest BCUT2D eigenvalue weighted by Gasteiger charge is -2.21. The number of tetrazole rings is 1. The van der Waals surface area contributed by atoms with Gasteiger partial charge in [0.25, 0.3) is 0 Å². The van der Waals surface area contributed by atoms with Crippen LogP contribution in [-0.4, -0.2) is 43.9 Å². The first-order valence-corrected chi connectivity index (χ1v) is 6.82. The maximum Gasteiger partial charge on any atom is 0.243 e. The molecule has 1 amide bonds. The Labute approximate surface area is 122 Å². The van der Waals surface area contributed by atoms with Crippen molar-refractivity contribution in [1.29, 1.82) is 0 Å². The Balaban J connectivity index is 1.93. The van der Waals surface area contributed by atoms with Gasteiger partial charge in [-0.25, -0.2) is 0 Å².